The van der Waals surface area contributed by atoms with Gasteiger partial charge >= 0.3 is 0 Å². The lowest BCUT2D eigenvalue weighted by Crippen LogP contribution is -2.38. The summed E-state index contributed by atoms with van der Waals surface area (Å²) >= 11 is 1.38. The number of sulfone groups is 1. The first kappa shape index (κ1) is 17.1. The summed E-state index contributed by atoms with van der Waals surface area (Å²) in [4.78, 5) is 18.3. The number of nitrogens with one attached hydrogen (secondary N) is 1. The highest BCUT2D eigenvalue weighted by molar-refractivity contribution is 7.91. The van der Waals surface area contributed by atoms with Crippen LogP contribution in [0.3, 0.4) is 0 Å². The SMILES string of the molecule is Cc1cc(NC(=O)CN(C)C2CCS(=O)(=O)C2)cc2sc(N)nc12. The van der Waals surface area contributed by atoms with Gasteiger partial charge < -0.3 is 11.1 Å². The summed E-state index contributed by atoms with van der Waals surface area (Å²) in [6, 6.07) is 3.62. The van der Waals surface area contributed by atoms with Gasteiger partial charge in [0.05, 0.1) is 28.3 Å². The van der Waals surface area contributed by atoms with Crippen molar-refractivity contribution in [2.75, 3.05) is 36.1 Å². The zero-order valence-corrected chi connectivity index (χ0v) is 15.2. The number of fused-ring (bicyclic) bond motifs is 1. The molecule has 3 N–H and O–H groups in total. The third-order valence-corrected chi connectivity index (χ3v) is 6.79. The maximum atomic E-state index is 12.3. The molecule has 1 aliphatic heterocycles. The summed E-state index contributed by atoms with van der Waals surface area (Å²) in [5.74, 6) is 0.159. The topological polar surface area (TPSA) is 105 Å². The Bertz CT molecular complexity index is 892. The molecule has 0 spiro atoms. The highest BCUT2D eigenvalue weighted by Crippen LogP contribution is 2.29. The molecule has 9 heteroatoms. The van der Waals surface area contributed by atoms with Crippen molar-refractivity contribution in [1.29, 1.82) is 0 Å². The Hall–Kier alpha value is -1.71. The molecular weight excluding hydrogens is 348 g/mol. The normalized spacial score (nSPS) is 19.9. The summed E-state index contributed by atoms with van der Waals surface area (Å²) in [7, 11) is -1.17. The second-order valence-electron chi connectivity index (χ2n) is 6.21. The van der Waals surface area contributed by atoms with E-state index in [1.54, 1.807) is 11.9 Å². The van der Waals surface area contributed by atoms with Gasteiger partial charge in [0, 0.05) is 11.7 Å². The Morgan fingerprint density at radius 3 is 2.92 bits per heavy atom. The van der Waals surface area contributed by atoms with Gasteiger partial charge in [-0.1, -0.05) is 11.3 Å². The predicted molar refractivity (Wildman–Crippen MR) is 97.1 cm³/mol. The van der Waals surface area contributed by atoms with E-state index in [1.807, 2.05) is 19.1 Å². The first-order valence-electron chi connectivity index (χ1n) is 7.61. The highest BCUT2D eigenvalue weighted by Gasteiger charge is 2.31. The van der Waals surface area contributed by atoms with E-state index < -0.39 is 9.84 Å². The van der Waals surface area contributed by atoms with Crippen LogP contribution < -0.4 is 11.1 Å². The fraction of sp³-hybridized carbons (Fsp3) is 0.467. The summed E-state index contributed by atoms with van der Waals surface area (Å²) < 4.78 is 24.0. The lowest BCUT2D eigenvalue weighted by molar-refractivity contribution is -0.117. The smallest absolute Gasteiger partial charge is 0.238 e. The number of carbonyl (C=O) groups is 1. The molecule has 2 aromatic rings. The van der Waals surface area contributed by atoms with E-state index in [2.05, 4.69) is 10.3 Å². The molecule has 1 unspecified atom stereocenters. The van der Waals surface area contributed by atoms with Crippen LogP contribution in [0.1, 0.15) is 12.0 Å². The second-order valence-corrected chi connectivity index (χ2v) is 9.50. The number of benzene rings is 1. The molecule has 1 amide bonds. The molecule has 0 radical (unpaired) electrons. The van der Waals surface area contributed by atoms with Crippen molar-refractivity contribution in [2.45, 2.75) is 19.4 Å². The molecular formula is C15H20N4O3S2. The van der Waals surface area contributed by atoms with Crippen LogP contribution in [0.15, 0.2) is 12.1 Å². The molecule has 130 valence electrons. The Morgan fingerprint density at radius 2 is 2.25 bits per heavy atom. The fourth-order valence-electron chi connectivity index (χ4n) is 2.97. The summed E-state index contributed by atoms with van der Waals surface area (Å²) in [5.41, 5.74) is 8.23. The minimum Gasteiger partial charge on any atom is -0.375 e. The van der Waals surface area contributed by atoms with E-state index in [4.69, 9.17) is 5.73 Å². The Morgan fingerprint density at radius 1 is 1.50 bits per heavy atom. The van der Waals surface area contributed by atoms with Gasteiger partial charge in [-0.05, 0) is 38.1 Å². The van der Waals surface area contributed by atoms with Gasteiger partial charge in [0.25, 0.3) is 0 Å². The number of hydrogen-bond donors (Lipinski definition) is 2. The molecule has 1 saturated heterocycles. The van der Waals surface area contributed by atoms with E-state index in [9.17, 15) is 13.2 Å². The third-order valence-electron chi connectivity index (χ3n) is 4.21. The number of carbonyl (C=O) groups excluding carboxylic acids is 1. The summed E-state index contributed by atoms with van der Waals surface area (Å²) in [5, 5.41) is 3.37. The first-order valence-corrected chi connectivity index (χ1v) is 10.2. The van der Waals surface area contributed by atoms with Crippen LogP contribution in [0, 0.1) is 6.92 Å². The lowest BCUT2D eigenvalue weighted by Gasteiger charge is -2.22. The number of hydrogen-bond acceptors (Lipinski definition) is 7. The number of thiazole rings is 1. The predicted octanol–water partition coefficient (Wildman–Crippen LogP) is 1.24. The standard InChI is InChI=1S/C15H20N4O3S2/c1-9-5-10(6-12-14(9)18-15(16)23-12)17-13(20)7-19(2)11-3-4-24(21,22)8-11/h5-6,11H,3-4,7-8H2,1-2H3,(H2,16,18)(H,17,20). The molecule has 2 heterocycles. The van der Waals surface area contributed by atoms with Crippen molar-refractivity contribution in [3.63, 3.8) is 0 Å². The Labute approximate surface area is 144 Å². The van der Waals surface area contributed by atoms with Crippen molar-refractivity contribution >= 4 is 48.1 Å². The molecule has 7 nitrogen and oxygen atoms in total. The number of aromatic nitrogens is 1. The molecule has 1 fully saturated rings. The Balaban J connectivity index is 1.66. The highest BCUT2D eigenvalue weighted by atomic mass is 32.2. The van der Waals surface area contributed by atoms with Crippen molar-refractivity contribution in [3.8, 4) is 0 Å². The number of rotatable bonds is 4. The zero-order valence-electron chi connectivity index (χ0n) is 13.6. The molecule has 1 aromatic heterocycles. The second kappa shape index (κ2) is 6.30. The van der Waals surface area contributed by atoms with E-state index >= 15 is 0 Å². The van der Waals surface area contributed by atoms with Crippen molar-refractivity contribution < 1.29 is 13.2 Å². The molecule has 24 heavy (non-hydrogen) atoms. The molecule has 0 saturated carbocycles. The molecule has 1 atom stereocenters. The molecule has 0 bridgehead atoms. The number of likely N-dealkylation sites (N-methyl/N-ethyl adjacent to an activating group) is 1. The van der Waals surface area contributed by atoms with Gasteiger partial charge in [0.1, 0.15) is 0 Å². The quantitative estimate of drug-likeness (QED) is 0.841. The minimum atomic E-state index is -2.95. The third kappa shape index (κ3) is 3.68. The number of nitrogens with two attached hydrogens (primary N) is 1. The van der Waals surface area contributed by atoms with E-state index in [0.717, 1.165) is 15.8 Å². The zero-order chi connectivity index (χ0) is 17.5. The largest absolute Gasteiger partial charge is 0.375 e. The lowest BCUT2D eigenvalue weighted by atomic mass is 10.2. The average Bonchev–Trinajstić information content (AvgIpc) is 3.01. The number of amides is 1. The van der Waals surface area contributed by atoms with Crippen LogP contribution in [0.4, 0.5) is 10.8 Å². The maximum Gasteiger partial charge on any atom is 0.238 e. The van der Waals surface area contributed by atoms with Gasteiger partial charge in [-0.2, -0.15) is 0 Å². The minimum absolute atomic E-state index is 0.0914. The summed E-state index contributed by atoms with van der Waals surface area (Å²) in [6.45, 7) is 2.08. The van der Waals surface area contributed by atoms with Crippen molar-refractivity contribution in [1.82, 2.24) is 9.88 Å². The van der Waals surface area contributed by atoms with Crippen molar-refractivity contribution in [2.24, 2.45) is 0 Å². The molecule has 1 aromatic carbocycles. The number of aryl methyl sites for hydroxylation is 1. The van der Waals surface area contributed by atoms with E-state index in [0.29, 0.717) is 17.2 Å². The monoisotopic (exact) mass is 368 g/mol. The number of anilines is 2. The fourth-order valence-corrected chi connectivity index (χ4v) is 5.62. The van der Waals surface area contributed by atoms with Crippen LogP contribution in [0.25, 0.3) is 10.2 Å². The van der Waals surface area contributed by atoms with Crippen LogP contribution in [0.2, 0.25) is 0 Å². The molecule has 0 aliphatic carbocycles. The van der Waals surface area contributed by atoms with Gasteiger partial charge in [-0.15, -0.1) is 0 Å². The summed E-state index contributed by atoms with van der Waals surface area (Å²) in [6.07, 6.45) is 0.581. The van der Waals surface area contributed by atoms with Gasteiger partial charge in [0.15, 0.2) is 15.0 Å². The van der Waals surface area contributed by atoms with Gasteiger partial charge in [0.2, 0.25) is 5.91 Å². The van der Waals surface area contributed by atoms with Crippen LogP contribution in [-0.2, 0) is 14.6 Å². The maximum absolute atomic E-state index is 12.3. The Kier molecular flexibility index (Phi) is 4.50. The van der Waals surface area contributed by atoms with Crippen molar-refractivity contribution in [3.05, 3.63) is 17.7 Å². The van der Waals surface area contributed by atoms with Gasteiger partial charge in [-0.3, -0.25) is 9.69 Å². The molecule has 1 aliphatic rings. The average molecular weight is 368 g/mol. The van der Waals surface area contributed by atoms with Crippen LogP contribution in [-0.4, -0.2) is 55.3 Å². The number of nitrogen functional groups attached to an aromatic ring is 1. The van der Waals surface area contributed by atoms with E-state index in [1.165, 1.54) is 11.3 Å². The first-order chi connectivity index (χ1) is 11.2. The van der Waals surface area contributed by atoms with Gasteiger partial charge in [-0.25, -0.2) is 13.4 Å². The molecule has 3 rings (SSSR count). The number of nitrogens with zero attached hydrogens (tertiary/aromatic N) is 2. The van der Waals surface area contributed by atoms with E-state index in [-0.39, 0.29) is 30.0 Å². The van der Waals surface area contributed by atoms with Crippen LogP contribution in [0.5, 0.6) is 0 Å². The van der Waals surface area contributed by atoms with Crippen LogP contribution >= 0.6 is 11.3 Å².